The molecule has 0 saturated carbocycles. The molecule has 11 heteroatoms. The standard InChI is InChI=1S/C20H16F4N4O2S/c1-28(10-16(29)25-13-8-6-12(21)7-9-13)17(30)11-31-18-14-4-2-3-5-15(14)26-19(27-18)20(22,23)24/h2-9H,10-11H2,1H3,(H,25,29). The lowest BCUT2D eigenvalue weighted by Crippen LogP contribution is -2.36. The summed E-state index contributed by atoms with van der Waals surface area (Å²) in [6, 6.07) is 11.3. The number of carbonyl (C=O) groups excluding carboxylic acids is 2. The Balaban J connectivity index is 1.65. The van der Waals surface area contributed by atoms with Gasteiger partial charge in [-0.25, -0.2) is 14.4 Å². The molecule has 162 valence electrons. The highest BCUT2D eigenvalue weighted by atomic mass is 32.2. The van der Waals surface area contributed by atoms with E-state index in [4.69, 9.17) is 0 Å². The van der Waals surface area contributed by atoms with E-state index in [1.54, 1.807) is 18.2 Å². The van der Waals surface area contributed by atoms with Crippen molar-refractivity contribution in [1.29, 1.82) is 0 Å². The van der Waals surface area contributed by atoms with Crippen LogP contribution in [0.5, 0.6) is 0 Å². The minimum absolute atomic E-state index is 0.0236. The summed E-state index contributed by atoms with van der Waals surface area (Å²) in [7, 11) is 1.40. The predicted octanol–water partition coefficient (Wildman–Crippen LogP) is 3.98. The maximum absolute atomic E-state index is 13.1. The van der Waals surface area contributed by atoms with Crippen molar-refractivity contribution in [3.63, 3.8) is 0 Å². The molecule has 0 radical (unpaired) electrons. The third-order valence-electron chi connectivity index (χ3n) is 4.09. The van der Waals surface area contributed by atoms with Gasteiger partial charge in [-0.2, -0.15) is 13.2 Å². The van der Waals surface area contributed by atoms with Gasteiger partial charge in [0.15, 0.2) is 0 Å². The summed E-state index contributed by atoms with van der Waals surface area (Å²) in [4.78, 5) is 32.7. The average molecular weight is 452 g/mol. The average Bonchev–Trinajstić information content (AvgIpc) is 2.72. The molecular weight excluding hydrogens is 436 g/mol. The Bertz CT molecular complexity index is 1110. The second-order valence-corrected chi connectivity index (χ2v) is 7.42. The van der Waals surface area contributed by atoms with Gasteiger partial charge >= 0.3 is 6.18 Å². The van der Waals surface area contributed by atoms with Crippen LogP contribution in [0.1, 0.15) is 5.82 Å². The lowest BCUT2D eigenvalue weighted by atomic mass is 10.2. The van der Waals surface area contributed by atoms with Crippen LogP contribution >= 0.6 is 11.8 Å². The van der Waals surface area contributed by atoms with E-state index in [0.29, 0.717) is 11.1 Å². The molecule has 0 bridgehead atoms. The molecule has 2 aromatic carbocycles. The number of halogens is 4. The summed E-state index contributed by atoms with van der Waals surface area (Å²) in [5.74, 6) is -2.94. The highest BCUT2D eigenvalue weighted by molar-refractivity contribution is 8.00. The first-order valence-electron chi connectivity index (χ1n) is 8.89. The van der Waals surface area contributed by atoms with Crippen molar-refractivity contribution in [3.8, 4) is 0 Å². The van der Waals surface area contributed by atoms with Crippen LogP contribution in [0.2, 0.25) is 0 Å². The lowest BCUT2D eigenvalue weighted by molar-refractivity contribution is -0.145. The Morgan fingerprint density at radius 1 is 1.06 bits per heavy atom. The highest BCUT2D eigenvalue weighted by Crippen LogP contribution is 2.32. The molecular formula is C20H16F4N4O2S. The van der Waals surface area contributed by atoms with E-state index in [1.165, 1.54) is 37.4 Å². The van der Waals surface area contributed by atoms with Gasteiger partial charge in [0.05, 0.1) is 17.8 Å². The highest BCUT2D eigenvalue weighted by Gasteiger charge is 2.35. The molecule has 0 aliphatic carbocycles. The minimum atomic E-state index is -4.72. The van der Waals surface area contributed by atoms with Crippen LogP contribution in [0, 0.1) is 5.82 Å². The number of amides is 2. The van der Waals surface area contributed by atoms with Crippen molar-refractivity contribution in [2.75, 3.05) is 24.7 Å². The number of nitrogens with zero attached hydrogens (tertiary/aromatic N) is 3. The molecule has 0 atom stereocenters. The fraction of sp³-hybridized carbons (Fsp3) is 0.200. The normalized spacial score (nSPS) is 11.4. The van der Waals surface area contributed by atoms with Gasteiger partial charge in [0.25, 0.3) is 0 Å². The topological polar surface area (TPSA) is 75.2 Å². The number of likely N-dealkylation sites (N-methyl/N-ethyl adjacent to an activating group) is 1. The quantitative estimate of drug-likeness (QED) is 0.348. The van der Waals surface area contributed by atoms with Crippen molar-refractivity contribution in [3.05, 3.63) is 60.2 Å². The Kier molecular flexibility index (Phi) is 6.74. The van der Waals surface area contributed by atoms with Crippen molar-refractivity contribution in [1.82, 2.24) is 14.9 Å². The molecule has 0 fully saturated rings. The van der Waals surface area contributed by atoms with E-state index in [-0.39, 0.29) is 22.8 Å². The Morgan fingerprint density at radius 2 is 1.74 bits per heavy atom. The van der Waals surface area contributed by atoms with Crippen LogP contribution in [0.25, 0.3) is 10.9 Å². The first-order chi connectivity index (χ1) is 14.6. The van der Waals surface area contributed by atoms with E-state index in [2.05, 4.69) is 15.3 Å². The van der Waals surface area contributed by atoms with Gasteiger partial charge in [-0.15, -0.1) is 0 Å². The predicted molar refractivity (Wildman–Crippen MR) is 108 cm³/mol. The molecule has 1 heterocycles. The summed E-state index contributed by atoms with van der Waals surface area (Å²) < 4.78 is 52.2. The van der Waals surface area contributed by atoms with Crippen molar-refractivity contribution in [2.45, 2.75) is 11.2 Å². The maximum Gasteiger partial charge on any atom is 0.451 e. The SMILES string of the molecule is CN(CC(=O)Nc1ccc(F)cc1)C(=O)CSc1nc(C(F)(F)F)nc2ccccc12. The summed E-state index contributed by atoms with van der Waals surface area (Å²) in [6.07, 6.45) is -4.72. The number of alkyl halides is 3. The first-order valence-corrected chi connectivity index (χ1v) is 9.88. The lowest BCUT2D eigenvalue weighted by Gasteiger charge is -2.17. The molecule has 0 spiro atoms. The molecule has 1 N–H and O–H groups in total. The summed E-state index contributed by atoms with van der Waals surface area (Å²) in [6.45, 7) is -0.283. The van der Waals surface area contributed by atoms with Gasteiger partial charge in [-0.3, -0.25) is 9.59 Å². The van der Waals surface area contributed by atoms with E-state index >= 15 is 0 Å². The van der Waals surface area contributed by atoms with Crippen molar-refractivity contribution in [2.24, 2.45) is 0 Å². The summed E-state index contributed by atoms with van der Waals surface area (Å²) >= 11 is 0.834. The number of thioether (sulfide) groups is 1. The van der Waals surface area contributed by atoms with Crippen LogP contribution in [-0.4, -0.2) is 46.0 Å². The van der Waals surface area contributed by atoms with E-state index < -0.39 is 29.6 Å². The number of nitrogens with one attached hydrogen (secondary N) is 1. The molecule has 31 heavy (non-hydrogen) atoms. The molecule has 0 aliphatic rings. The Morgan fingerprint density at radius 3 is 2.42 bits per heavy atom. The smallest absolute Gasteiger partial charge is 0.336 e. The Hall–Kier alpha value is -3.21. The van der Waals surface area contributed by atoms with Crippen LogP contribution in [0.4, 0.5) is 23.2 Å². The Labute approximate surface area is 178 Å². The fourth-order valence-electron chi connectivity index (χ4n) is 2.56. The molecule has 0 saturated heterocycles. The van der Waals surface area contributed by atoms with Gasteiger partial charge in [0.2, 0.25) is 17.6 Å². The van der Waals surface area contributed by atoms with Crippen LogP contribution in [-0.2, 0) is 15.8 Å². The van der Waals surface area contributed by atoms with Crippen LogP contribution in [0.15, 0.2) is 53.6 Å². The fourth-order valence-corrected chi connectivity index (χ4v) is 3.52. The molecule has 0 unspecified atom stereocenters. The number of fused-ring (bicyclic) bond motifs is 1. The molecule has 0 aliphatic heterocycles. The van der Waals surface area contributed by atoms with E-state index in [0.717, 1.165) is 16.7 Å². The van der Waals surface area contributed by atoms with Gasteiger partial charge < -0.3 is 10.2 Å². The van der Waals surface area contributed by atoms with Gasteiger partial charge in [0, 0.05) is 18.1 Å². The van der Waals surface area contributed by atoms with E-state index in [1.807, 2.05) is 0 Å². The monoisotopic (exact) mass is 452 g/mol. The largest absolute Gasteiger partial charge is 0.451 e. The summed E-state index contributed by atoms with van der Waals surface area (Å²) in [5.41, 5.74) is 0.487. The first kappa shape index (κ1) is 22.5. The van der Waals surface area contributed by atoms with Gasteiger partial charge in [-0.05, 0) is 30.3 Å². The second-order valence-electron chi connectivity index (χ2n) is 6.46. The zero-order valence-corrected chi connectivity index (χ0v) is 16.9. The second kappa shape index (κ2) is 9.29. The molecule has 6 nitrogen and oxygen atoms in total. The third kappa shape index (κ3) is 5.91. The molecule has 2 amide bonds. The molecule has 1 aromatic heterocycles. The van der Waals surface area contributed by atoms with Gasteiger partial charge in [-0.1, -0.05) is 30.0 Å². The van der Waals surface area contributed by atoms with Crippen molar-refractivity contribution < 1.29 is 27.2 Å². The number of rotatable bonds is 6. The van der Waals surface area contributed by atoms with Crippen molar-refractivity contribution >= 4 is 40.2 Å². The number of benzene rings is 2. The number of carbonyl (C=O) groups is 2. The number of anilines is 1. The molecule has 3 rings (SSSR count). The van der Waals surface area contributed by atoms with E-state index in [9.17, 15) is 27.2 Å². The number of aromatic nitrogens is 2. The minimum Gasteiger partial charge on any atom is -0.336 e. The number of hydrogen-bond acceptors (Lipinski definition) is 5. The van der Waals surface area contributed by atoms with Gasteiger partial charge in [0.1, 0.15) is 10.8 Å². The molecule has 3 aromatic rings. The maximum atomic E-state index is 13.1. The number of hydrogen-bond donors (Lipinski definition) is 1. The van der Waals surface area contributed by atoms with Crippen LogP contribution in [0.3, 0.4) is 0 Å². The summed E-state index contributed by atoms with van der Waals surface area (Å²) in [5, 5.41) is 2.94. The zero-order chi connectivity index (χ0) is 22.6. The third-order valence-corrected chi connectivity index (χ3v) is 5.06. The number of para-hydroxylation sites is 1. The van der Waals surface area contributed by atoms with Crippen LogP contribution < -0.4 is 5.32 Å². The zero-order valence-electron chi connectivity index (χ0n) is 16.1.